The molecule has 1 N–H and O–H groups in total. The fourth-order valence-electron chi connectivity index (χ4n) is 3.03. The first-order valence-corrected chi connectivity index (χ1v) is 9.73. The van der Waals surface area contributed by atoms with E-state index in [4.69, 9.17) is 4.74 Å². The maximum absolute atomic E-state index is 13.1. The molecule has 8 heteroatoms. The summed E-state index contributed by atoms with van der Waals surface area (Å²) in [4.78, 5) is 25.7. The van der Waals surface area contributed by atoms with Gasteiger partial charge >= 0.3 is 6.18 Å². The summed E-state index contributed by atoms with van der Waals surface area (Å²) in [6.07, 6.45) is -4.61. The molecule has 0 aromatic heterocycles. The van der Waals surface area contributed by atoms with E-state index in [9.17, 15) is 22.8 Å². The Balaban J connectivity index is 1.59. The quantitative estimate of drug-likeness (QED) is 0.569. The van der Waals surface area contributed by atoms with Crippen LogP contribution in [-0.4, -0.2) is 36.9 Å². The van der Waals surface area contributed by atoms with Crippen LogP contribution in [0.25, 0.3) is 11.1 Å². The Morgan fingerprint density at radius 1 is 0.906 bits per heavy atom. The van der Waals surface area contributed by atoms with Crippen molar-refractivity contribution in [2.45, 2.75) is 6.18 Å². The van der Waals surface area contributed by atoms with E-state index >= 15 is 0 Å². The van der Waals surface area contributed by atoms with Crippen molar-refractivity contribution in [3.8, 4) is 16.9 Å². The molecular weight excluding hydrogens is 421 g/mol. The summed E-state index contributed by atoms with van der Waals surface area (Å²) in [5.41, 5.74) is 0.415. The van der Waals surface area contributed by atoms with Gasteiger partial charge in [-0.05, 0) is 23.8 Å². The van der Waals surface area contributed by atoms with Crippen LogP contribution < -0.4 is 10.1 Å². The van der Waals surface area contributed by atoms with Crippen molar-refractivity contribution in [2.75, 3.05) is 25.5 Å². The fourth-order valence-corrected chi connectivity index (χ4v) is 3.03. The highest BCUT2D eigenvalue weighted by Gasteiger charge is 2.33. The molecule has 2 amide bonds. The lowest BCUT2D eigenvalue weighted by Crippen LogP contribution is -2.37. The number of nitrogens with zero attached hydrogens (tertiary/aromatic N) is 1. The van der Waals surface area contributed by atoms with Crippen LogP contribution in [0.4, 0.5) is 18.9 Å². The number of amides is 2. The number of nitrogens with one attached hydrogen (secondary N) is 1. The number of halogens is 3. The highest BCUT2D eigenvalue weighted by Crippen LogP contribution is 2.34. The smallest absolute Gasteiger partial charge is 0.418 e. The first kappa shape index (κ1) is 22.9. The summed E-state index contributed by atoms with van der Waals surface area (Å²) >= 11 is 0. The third-order valence-electron chi connectivity index (χ3n) is 4.64. The van der Waals surface area contributed by atoms with Gasteiger partial charge in [-0.1, -0.05) is 60.7 Å². The number of hydrogen-bond donors (Lipinski definition) is 1. The largest absolute Gasteiger partial charge is 0.483 e. The minimum Gasteiger partial charge on any atom is -0.483 e. The number of alkyl halides is 3. The Hall–Kier alpha value is -3.81. The van der Waals surface area contributed by atoms with E-state index < -0.39 is 30.1 Å². The molecular formula is C24H21F3N2O3. The summed E-state index contributed by atoms with van der Waals surface area (Å²) < 4.78 is 44.9. The van der Waals surface area contributed by atoms with Crippen LogP contribution in [0.5, 0.6) is 5.75 Å². The Bertz CT molecular complexity index is 1090. The molecule has 0 heterocycles. The first-order chi connectivity index (χ1) is 15.3. The molecule has 3 aromatic carbocycles. The summed E-state index contributed by atoms with van der Waals surface area (Å²) in [6, 6.07) is 21.4. The third-order valence-corrected chi connectivity index (χ3v) is 4.64. The van der Waals surface area contributed by atoms with E-state index in [-0.39, 0.29) is 12.3 Å². The summed E-state index contributed by atoms with van der Waals surface area (Å²) in [5, 5.41) is 2.21. The first-order valence-electron chi connectivity index (χ1n) is 9.73. The maximum Gasteiger partial charge on any atom is 0.418 e. The number of rotatable bonds is 7. The molecule has 0 aliphatic carbocycles. The molecule has 0 aliphatic heterocycles. The second-order valence-electron chi connectivity index (χ2n) is 6.99. The molecule has 0 radical (unpaired) electrons. The molecule has 5 nitrogen and oxygen atoms in total. The van der Waals surface area contributed by atoms with Crippen molar-refractivity contribution >= 4 is 17.5 Å². The fraction of sp³-hybridized carbons (Fsp3) is 0.167. The van der Waals surface area contributed by atoms with Crippen LogP contribution in [0.1, 0.15) is 5.56 Å². The average Bonchev–Trinajstić information content (AvgIpc) is 2.77. The SMILES string of the molecule is CN(CC(=O)Nc1ccccc1C(F)(F)F)C(=O)COc1ccccc1-c1ccccc1. The number of anilines is 1. The number of carbonyl (C=O) groups is 2. The summed E-state index contributed by atoms with van der Waals surface area (Å²) in [5.74, 6) is -0.738. The molecule has 0 atom stereocenters. The zero-order valence-electron chi connectivity index (χ0n) is 17.2. The second-order valence-corrected chi connectivity index (χ2v) is 6.99. The molecule has 3 aromatic rings. The molecule has 3 rings (SSSR count). The highest BCUT2D eigenvalue weighted by molar-refractivity contribution is 5.95. The normalized spacial score (nSPS) is 11.0. The van der Waals surface area contributed by atoms with Gasteiger partial charge in [0.05, 0.1) is 17.8 Å². The minimum absolute atomic E-state index is 0.327. The van der Waals surface area contributed by atoms with Gasteiger partial charge in [-0.3, -0.25) is 9.59 Å². The Kier molecular flexibility index (Phi) is 7.14. The van der Waals surface area contributed by atoms with Crippen molar-refractivity contribution in [1.82, 2.24) is 4.90 Å². The molecule has 0 spiro atoms. The van der Waals surface area contributed by atoms with E-state index in [1.165, 1.54) is 19.2 Å². The van der Waals surface area contributed by atoms with Crippen LogP contribution in [0, 0.1) is 0 Å². The lowest BCUT2D eigenvalue weighted by atomic mass is 10.1. The van der Waals surface area contributed by atoms with Gasteiger partial charge in [-0.2, -0.15) is 13.2 Å². The zero-order valence-corrected chi connectivity index (χ0v) is 17.2. The zero-order chi connectivity index (χ0) is 23.1. The van der Waals surface area contributed by atoms with Gasteiger partial charge in [0.1, 0.15) is 5.75 Å². The van der Waals surface area contributed by atoms with Crippen LogP contribution in [-0.2, 0) is 15.8 Å². The van der Waals surface area contributed by atoms with Crippen molar-refractivity contribution in [2.24, 2.45) is 0 Å². The summed E-state index contributed by atoms with van der Waals surface area (Å²) in [7, 11) is 1.38. The molecule has 32 heavy (non-hydrogen) atoms. The van der Waals surface area contributed by atoms with E-state index in [2.05, 4.69) is 5.32 Å². The Labute approximate surface area is 183 Å². The lowest BCUT2D eigenvalue weighted by molar-refractivity contribution is -0.137. The van der Waals surface area contributed by atoms with Gasteiger partial charge < -0.3 is 15.0 Å². The van der Waals surface area contributed by atoms with Gasteiger partial charge in [-0.15, -0.1) is 0 Å². The van der Waals surface area contributed by atoms with Gasteiger partial charge in [-0.25, -0.2) is 0 Å². The second kappa shape index (κ2) is 10.00. The molecule has 0 saturated carbocycles. The van der Waals surface area contributed by atoms with Crippen molar-refractivity contribution in [1.29, 1.82) is 0 Å². The van der Waals surface area contributed by atoms with E-state index in [1.807, 2.05) is 42.5 Å². The maximum atomic E-state index is 13.1. The van der Waals surface area contributed by atoms with Crippen molar-refractivity contribution in [3.05, 3.63) is 84.4 Å². The molecule has 0 bridgehead atoms. The molecule has 0 unspecified atom stereocenters. The van der Waals surface area contributed by atoms with Gasteiger partial charge in [0, 0.05) is 12.6 Å². The number of likely N-dealkylation sites (N-methyl/N-ethyl adjacent to an activating group) is 1. The predicted molar refractivity (Wildman–Crippen MR) is 115 cm³/mol. The number of benzene rings is 3. The molecule has 0 aliphatic rings. The molecule has 0 saturated heterocycles. The average molecular weight is 442 g/mol. The van der Waals surface area contributed by atoms with Crippen molar-refractivity contribution < 1.29 is 27.5 Å². The molecule has 166 valence electrons. The highest BCUT2D eigenvalue weighted by atomic mass is 19.4. The number of para-hydroxylation sites is 2. The van der Waals surface area contributed by atoms with Crippen LogP contribution in [0.15, 0.2) is 78.9 Å². The monoisotopic (exact) mass is 442 g/mol. The third kappa shape index (κ3) is 5.87. The predicted octanol–water partition coefficient (Wildman–Crippen LogP) is 4.85. The number of carbonyl (C=O) groups excluding carboxylic acids is 2. The molecule has 0 fully saturated rings. The number of ether oxygens (including phenoxy) is 1. The number of hydrogen-bond acceptors (Lipinski definition) is 3. The van der Waals surface area contributed by atoms with Crippen molar-refractivity contribution in [3.63, 3.8) is 0 Å². The topological polar surface area (TPSA) is 58.6 Å². The van der Waals surface area contributed by atoms with Crippen LogP contribution in [0.3, 0.4) is 0 Å². The van der Waals surface area contributed by atoms with Gasteiger partial charge in [0.25, 0.3) is 5.91 Å². The Morgan fingerprint density at radius 3 is 2.25 bits per heavy atom. The van der Waals surface area contributed by atoms with Gasteiger partial charge in [0.2, 0.25) is 5.91 Å². The van der Waals surface area contributed by atoms with Crippen LogP contribution in [0.2, 0.25) is 0 Å². The van der Waals surface area contributed by atoms with E-state index in [1.54, 1.807) is 12.1 Å². The minimum atomic E-state index is -4.61. The van der Waals surface area contributed by atoms with Crippen LogP contribution >= 0.6 is 0 Å². The lowest BCUT2D eigenvalue weighted by Gasteiger charge is -2.19. The standard InChI is InChI=1S/C24H21F3N2O3/c1-29(15-22(30)28-20-13-7-6-12-19(20)24(25,26)27)23(31)16-32-21-14-8-5-11-18(21)17-9-3-2-4-10-17/h2-14H,15-16H2,1H3,(H,28,30). The Morgan fingerprint density at radius 2 is 1.53 bits per heavy atom. The van der Waals surface area contributed by atoms with Gasteiger partial charge in [0.15, 0.2) is 6.61 Å². The van der Waals surface area contributed by atoms with E-state index in [0.717, 1.165) is 28.2 Å². The summed E-state index contributed by atoms with van der Waals surface area (Å²) in [6.45, 7) is -0.749. The van der Waals surface area contributed by atoms with E-state index in [0.29, 0.717) is 5.75 Å².